The Kier molecular flexibility index (Phi) is 4.15. The molecule has 1 unspecified atom stereocenters. The van der Waals surface area contributed by atoms with Crippen molar-refractivity contribution in [3.8, 4) is 0 Å². The number of piperazine rings is 1. The van der Waals surface area contributed by atoms with E-state index in [1.54, 1.807) is 0 Å². The number of nitrogens with zero attached hydrogens (tertiary/aromatic N) is 3. The van der Waals surface area contributed by atoms with Gasteiger partial charge in [-0.3, -0.25) is 9.59 Å². The highest BCUT2D eigenvalue weighted by atomic mass is 16.2. The van der Waals surface area contributed by atoms with Crippen molar-refractivity contribution in [1.29, 1.82) is 0 Å². The quantitative estimate of drug-likeness (QED) is 0.777. The van der Waals surface area contributed by atoms with Crippen LogP contribution in [0.25, 0.3) is 0 Å². The molecule has 5 nitrogen and oxygen atoms in total. The molecule has 0 spiro atoms. The molecule has 132 valence electrons. The number of hydrogen-bond donors (Lipinski definition) is 0. The molecule has 2 amide bonds. The molecule has 0 N–H and O–H groups in total. The summed E-state index contributed by atoms with van der Waals surface area (Å²) >= 11 is 0. The van der Waals surface area contributed by atoms with E-state index in [9.17, 15) is 9.59 Å². The van der Waals surface area contributed by atoms with Gasteiger partial charge >= 0.3 is 0 Å². The maximum Gasteiger partial charge on any atom is 0.234 e. The van der Waals surface area contributed by atoms with E-state index in [1.165, 1.54) is 12.8 Å². The summed E-state index contributed by atoms with van der Waals surface area (Å²) in [5, 5.41) is 0. The molecule has 0 aromatic rings. The Morgan fingerprint density at radius 2 is 1.83 bits per heavy atom. The van der Waals surface area contributed by atoms with E-state index in [1.807, 2.05) is 0 Å². The third-order valence-corrected chi connectivity index (χ3v) is 6.58. The molecule has 2 aliphatic carbocycles. The number of carbonyl (C=O) groups excluding carboxylic acids is 2. The highest BCUT2D eigenvalue weighted by Crippen LogP contribution is 2.51. The van der Waals surface area contributed by atoms with Crippen LogP contribution >= 0.6 is 0 Å². The molecule has 2 heterocycles. The second-order valence-electron chi connectivity index (χ2n) is 8.01. The summed E-state index contributed by atoms with van der Waals surface area (Å²) < 4.78 is 0. The largest absolute Gasteiger partial charge is 0.339 e. The molecule has 2 aliphatic heterocycles. The standard InChI is InChI=1S/C19H29N3O2/c1-20-11-13-21(14-12-20)18(24)19-9-4-7-16(19)22(17(23)8-10-19)15-5-2-3-6-15/h7,15H,2-6,8-14H2,1H3. The zero-order valence-electron chi connectivity index (χ0n) is 14.8. The van der Waals surface area contributed by atoms with Crippen molar-refractivity contribution in [3.05, 3.63) is 11.8 Å². The van der Waals surface area contributed by atoms with E-state index in [4.69, 9.17) is 0 Å². The fourth-order valence-corrected chi connectivity index (χ4v) is 5.13. The summed E-state index contributed by atoms with van der Waals surface area (Å²) in [5.41, 5.74) is 0.654. The van der Waals surface area contributed by atoms with Crippen LogP contribution in [0, 0.1) is 5.41 Å². The average molecular weight is 331 g/mol. The van der Waals surface area contributed by atoms with Gasteiger partial charge < -0.3 is 14.7 Å². The monoisotopic (exact) mass is 331 g/mol. The molecule has 0 radical (unpaired) electrons. The van der Waals surface area contributed by atoms with Gasteiger partial charge in [0.15, 0.2) is 0 Å². The van der Waals surface area contributed by atoms with Crippen LogP contribution in [0.15, 0.2) is 11.8 Å². The first kappa shape index (κ1) is 16.1. The Morgan fingerprint density at radius 3 is 2.54 bits per heavy atom. The first-order chi connectivity index (χ1) is 11.6. The molecule has 2 saturated heterocycles. The molecular formula is C19H29N3O2. The first-order valence-electron chi connectivity index (χ1n) is 9.62. The number of hydrogen-bond acceptors (Lipinski definition) is 3. The van der Waals surface area contributed by atoms with Crippen LogP contribution in [0.5, 0.6) is 0 Å². The van der Waals surface area contributed by atoms with Crippen molar-refractivity contribution in [2.24, 2.45) is 5.41 Å². The van der Waals surface area contributed by atoms with Crippen molar-refractivity contribution in [2.45, 2.75) is 57.4 Å². The second kappa shape index (κ2) is 6.17. The molecule has 4 rings (SSSR count). The number of likely N-dealkylation sites (N-methyl/N-ethyl adjacent to an activating group) is 1. The fourth-order valence-electron chi connectivity index (χ4n) is 5.13. The van der Waals surface area contributed by atoms with Crippen LogP contribution in [0.3, 0.4) is 0 Å². The second-order valence-corrected chi connectivity index (χ2v) is 8.01. The molecule has 0 aromatic carbocycles. The fraction of sp³-hybridized carbons (Fsp3) is 0.789. The van der Waals surface area contributed by atoms with Crippen LogP contribution in [-0.2, 0) is 9.59 Å². The van der Waals surface area contributed by atoms with Gasteiger partial charge in [-0.05, 0) is 39.2 Å². The lowest BCUT2D eigenvalue weighted by Crippen LogP contribution is -2.57. The average Bonchev–Trinajstić information content (AvgIpc) is 3.25. The van der Waals surface area contributed by atoms with Crippen LogP contribution in [0.2, 0.25) is 0 Å². The van der Waals surface area contributed by atoms with E-state index >= 15 is 0 Å². The summed E-state index contributed by atoms with van der Waals surface area (Å²) in [6.45, 7) is 3.54. The molecule has 0 bridgehead atoms. The van der Waals surface area contributed by atoms with Crippen molar-refractivity contribution >= 4 is 11.8 Å². The molecule has 24 heavy (non-hydrogen) atoms. The van der Waals surface area contributed by atoms with E-state index < -0.39 is 5.41 Å². The summed E-state index contributed by atoms with van der Waals surface area (Å²) in [4.78, 5) is 32.5. The van der Waals surface area contributed by atoms with Gasteiger partial charge in [0.05, 0.1) is 5.41 Å². The summed E-state index contributed by atoms with van der Waals surface area (Å²) in [7, 11) is 2.11. The number of fused-ring (bicyclic) bond motifs is 1. The molecule has 0 aromatic heterocycles. The Hall–Kier alpha value is -1.36. The van der Waals surface area contributed by atoms with Crippen LogP contribution in [0.4, 0.5) is 0 Å². The van der Waals surface area contributed by atoms with Gasteiger partial charge in [0.25, 0.3) is 0 Å². The predicted molar refractivity (Wildman–Crippen MR) is 92.2 cm³/mol. The Morgan fingerprint density at radius 1 is 1.12 bits per heavy atom. The Labute approximate surface area is 144 Å². The van der Waals surface area contributed by atoms with Crippen molar-refractivity contribution in [1.82, 2.24) is 14.7 Å². The third-order valence-electron chi connectivity index (χ3n) is 6.58. The molecule has 5 heteroatoms. The number of amides is 2. The first-order valence-corrected chi connectivity index (χ1v) is 9.62. The number of allylic oxidation sites excluding steroid dienone is 1. The van der Waals surface area contributed by atoms with Gasteiger partial charge in [-0.25, -0.2) is 0 Å². The minimum Gasteiger partial charge on any atom is -0.339 e. The zero-order chi connectivity index (χ0) is 16.7. The minimum absolute atomic E-state index is 0.247. The lowest BCUT2D eigenvalue weighted by atomic mass is 9.75. The molecule has 3 fully saturated rings. The van der Waals surface area contributed by atoms with E-state index in [-0.39, 0.29) is 11.8 Å². The molecule has 4 aliphatic rings. The Bertz CT molecular complexity index is 559. The van der Waals surface area contributed by atoms with Gasteiger partial charge in [-0.1, -0.05) is 18.9 Å². The lowest BCUT2D eigenvalue weighted by Gasteiger charge is -2.46. The molecular weight excluding hydrogens is 302 g/mol. The van der Waals surface area contributed by atoms with Crippen LogP contribution in [-0.4, -0.2) is 65.8 Å². The van der Waals surface area contributed by atoms with Gasteiger partial charge in [0, 0.05) is 44.3 Å². The van der Waals surface area contributed by atoms with Gasteiger partial charge in [0.1, 0.15) is 0 Å². The minimum atomic E-state index is -0.410. The van der Waals surface area contributed by atoms with Crippen LogP contribution in [0.1, 0.15) is 51.4 Å². The zero-order valence-corrected chi connectivity index (χ0v) is 14.8. The molecule has 1 atom stereocenters. The van der Waals surface area contributed by atoms with E-state index in [0.29, 0.717) is 18.9 Å². The van der Waals surface area contributed by atoms with E-state index in [2.05, 4.69) is 27.8 Å². The van der Waals surface area contributed by atoms with Crippen molar-refractivity contribution < 1.29 is 9.59 Å². The van der Waals surface area contributed by atoms with Gasteiger partial charge in [-0.15, -0.1) is 0 Å². The topological polar surface area (TPSA) is 43.9 Å². The van der Waals surface area contributed by atoms with Crippen molar-refractivity contribution in [3.63, 3.8) is 0 Å². The smallest absolute Gasteiger partial charge is 0.234 e. The summed E-state index contributed by atoms with van der Waals surface area (Å²) in [6.07, 6.45) is 9.89. The maximum absolute atomic E-state index is 13.5. The normalized spacial score (nSPS) is 32.2. The maximum atomic E-state index is 13.5. The summed E-state index contributed by atoms with van der Waals surface area (Å²) in [6, 6.07) is 0.335. The number of likely N-dealkylation sites (tertiary alicyclic amines) is 1. The lowest BCUT2D eigenvalue weighted by molar-refractivity contribution is -0.148. The molecule has 1 saturated carbocycles. The highest BCUT2D eigenvalue weighted by Gasteiger charge is 2.53. The Balaban J connectivity index is 1.60. The van der Waals surface area contributed by atoms with E-state index in [0.717, 1.165) is 57.6 Å². The number of piperidine rings is 1. The van der Waals surface area contributed by atoms with Gasteiger partial charge in [-0.2, -0.15) is 0 Å². The van der Waals surface area contributed by atoms with Gasteiger partial charge in [0.2, 0.25) is 11.8 Å². The third kappa shape index (κ3) is 2.48. The summed E-state index contributed by atoms with van der Waals surface area (Å²) in [5.74, 6) is 0.534. The predicted octanol–water partition coefficient (Wildman–Crippen LogP) is 1.99. The SMILES string of the molecule is CN1CCN(C(=O)C23CCC=C2N(C2CCCC2)C(=O)CC3)CC1. The van der Waals surface area contributed by atoms with Crippen molar-refractivity contribution in [2.75, 3.05) is 33.2 Å². The number of carbonyl (C=O) groups is 2. The van der Waals surface area contributed by atoms with Crippen LogP contribution < -0.4 is 0 Å². The number of rotatable bonds is 2. The highest BCUT2D eigenvalue weighted by molar-refractivity contribution is 5.91.